The third-order valence-corrected chi connectivity index (χ3v) is 1.89. The van der Waals surface area contributed by atoms with Gasteiger partial charge in [0.25, 0.3) is 0 Å². The molecule has 0 fully saturated rings. The second-order valence-corrected chi connectivity index (χ2v) is 2.79. The molecular weight excluding hydrogens is 208 g/mol. The summed E-state index contributed by atoms with van der Waals surface area (Å²) in [6.07, 6.45) is 0. The van der Waals surface area contributed by atoms with E-state index < -0.39 is 29.2 Å². The molecule has 1 atom stereocenters. The molecule has 0 spiro atoms. The Hall–Kier alpha value is -1.69. The largest absolute Gasteiger partial charge is 0.496 e. The Bertz CT molecular complexity index is 395. The third-order valence-electron chi connectivity index (χ3n) is 1.89. The van der Waals surface area contributed by atoms with Crippen LogP contribution in [0.2, 0.25) is 0 Å². The molecule has 1 rings (SSSR count). The molecule has 0 saturated heterocycles. The average molecular weight is 217 g/mol. The average Bonchev–Trinajstić information content (AvgIpc) is 2.20. The molecule has 0 amide bonds. The minimum absolute atomic E-state index is 0.0937. The van der Waals surface area contributed by atoms with Gasteiger partial charge in [-0.15, -0.1) is 0 Å². The highest BCUT2D eigenvalue weighted by molar-refractivity contribution is 5.76. The molecule has 4 nitrogen and oxygen atoms in total. The first-order valence-corrected chi connectivity index (χ1v) is 3.99. The van der Waals surface area contributed by atoms with Gasteiger partial charge in [-0.05, 0) is 12.1 Å². The van der Waals surface area contributed by atoms with E-state index in [9.17, 15) is 13.6 Å². The van der Waals surface area contributed by atoms with Crippen LogP contribution in [-0.4, -0.2) is 18.2 Å². The van der Waals surface area contributed by atoms with Crippen LogP contribution in [0.5, 0.6) is 5.75 Å². The highest BCUT2D eigenvalue weighted by atomic mass is 19.2. The Morgan fingerprint density at radius 2 is 2.13 bits per heavy atom. The molecule has 15 heavy (non-hydrogen) atoms. The lowest BCUT2D eigenvalue weighted by Gasteiger charge is -2.13. The van der Waals surface area contributed by atoms with Crippen molar-refractivity contribution in [3.63, 3.8) is 0 Å². The maximum absolute atomic E-state index is 13.3. The standard InChI is InChI=1S/C9H9F2NO3/c1-15-5-3-2-4(10)7(11)6(5)8(12)9(13)14/h2-3,8H,12H2,1H3,(H,13,14). The molecule has 3 N–H and O–H groups in total. The van der Waals surface area contributed by atoms with Crippen LogP contribution in [0.15, 0.2) is 12.1 Å². The van der Waals surface area contributed by atoms with Gasteiger partial charge >= 0.3 is 5.97 Å². The fraction of sp³-hybridized carbons (Fsp3) is 0.222. The van der Waals surface area contributed by atoms with Gasteiger partial charge in [0.15, 0.2) is 11.6 Å². The van der Waals surface area contributed by atoms with Crippen molar-refractivity contribution in [3.05, 3.63) is 29.3 Å². The summed E-state index contributed by atoms with van der Waals surface area (Å²) in [5.41, 5.74) is 4.70. The number of benzene rings is 1. The van der Waals surface area contributed by atoms with Crippen molar-refractivity contribution in [3.8, 4) is 5.75 Å². The molecule has 6 heteroatoms. The van der Waals surface area contributed by atoms with Crippen molar-refractivity contribution in [2.24, 2.45) is 5.73 Å². The number of nitrogens with two attached hydrogens (primary N) is 1. The molecular formula is C9H9F2NO3. The van der Waals surface area contributed by atoms with E-state index in [4.69, 9.17) is 15.6 Å². The van der Waals surface area contributed by atoms with Crippen LogP contribution in [0.4, 0.5) is 8.78 Å². The molecule has 82 valence electrons. The lowest BCUT2D eigenvalue weighted by molar-refractivity contribution is -0.138. The summed E-state index contributed by atoms with van der Waals surface area (Å²) in [5.74, 6) is -4.02. The molecule has 0 aromatic heterocycles. The number of ether oxygens (including phenoxy) is 1. The Labute approximate surface area is 84.3 Å². The predicted molar refractivity (Wildman–Crippen MR) is 47.5 cm³/mol. The van der Waals surface area contributed by atoms with Gasteiger partial charge in [-0.3, -0.25) is 4.79 Å². The number of halogens is 2. The minimum Gasteiger partial charge on any atom is -0.496 e. The summed E-state index contributed by atoms with van der Waals surface area (Å²) in [7, 11) is 1.21. The lowest BCUT2D eigenvalue weighted by Crippen LogP contribution is -2.23. The van der Waals surface area contributed by atoms with Gasteiger partial charge in [-0.2, -0.15) is 0 Å². The second kappa shape index (κ2) is 4.22. The Morgan fingerprint density at radius 1 is 1.53 bits per heavy atom. The normalized spacial score (nSPS) is 12.3. The van der Waals surface area contributed by atoms with E-state index in [2.05, 4.69) is 0 Å². The zero-order valence-corrected chi connectivity index (χ0v) is 7.83. The van der Waals surface area contributed by atoms with E-state index in [0.717, 1.165) is 12.1 Å². The molecule has 0 radical (unpaired) electrons. The summed E-state index contributed by atoms with van der Waals surface area (Å²) in [6.45, 7) is 0. The van der Waals surface area contributed by atoms with E-state index in [1.807, 2.05) is 0 Å². The topological polar surface area (TPSA) is 72.5 Å². The molecule has 1 unspecified atom stereocenters. The van der Waals surface area contributed by atoms with Gasteiger partial charge in [0.05, 0.1) is 12.7 Å². The number of aliphatic carboxylic acids is 1. The number of hydrogen-bond donors (Lipinski definition) is 2. The van der Waals surface area contributed by atoms with Crippen molar-refractivity contribution >= 4 is 5.97 Å². The molecule has 0 saturated carbocycles. The highest BCUT2D eigenvalue weighted by Gasteiger charge is 2.25. The lowest BCUT2D eigenvalue weighted by atomic mass is 10.1. The van der Waals surface area contributed by atoms with Crippen LogP contribution in [0, 0.1) is 11.6 Å². The van der Waals surface area contributed by atoms with E-state index >= 15 is 0 Å². The van der Waals surface area contributed by atoms with Crippen LogP contribution in [0.1, 0.15) is 11.6 Å². The second-order valence-electron chi connectivity index (χ2n) is 2.79. The van der Waals surface area contributed by atoms with Gasteiger partial charge in [0, 0.05) is 0 Å². The van der Waals surface area contributed by atoms with Crippen LogP contribution in [0.25, 0.3) is 0 Å². The van der Waals surface area contributed by atoms with Crippen LogP contribution in [0.3, 0.4) is 0 Å². The summed E-state index contributed by atoms with van der Waals surface area (Å²) in [4.78, 5) is 10.6. The van der Waals surface area contributed by atoms with Gasteiger partial charge in [-0.25, -0.2) is 8.78 Å². The van der Waals surface area contributed by atoms with Crippen LogP contribution < -0.4 is 10.5 Å². The molecule has 1 aromatic carbocycles. The summed E-state index contributed by atoms with van der Waals surface area (Å²) in [5, 5.41) is 8.60. The smallest absolute Gasteiger partial charge is 0.325 e. The molecule has 1 aromatic rings. The maximum atomic E-state index is 13.3. The monoisotopic (exact) mass is 217 g/mol. The Balaban J connectivity index is 3.35. The number of rotatable bonds is 3. The van der Waals surface area contributed by atoms with Crippen molar-refractivity contribution in [2.75, 3.05) is 7.11 Å². The number of hydrogen-bond acceptors (Lipinski definition) is 3. The minimum atomic E-state index is -1.66. The fourth-order valence-electron chi connectivity index (χ4n) is 1.14. The SMILES string of the molecule is COc1ccc(F)c(F)c1C(N)C(=O)O. The number of carboxylic acids is 1. The van der Waals surface area contributed by atoms with Gasteiger partial charge in [0.2, 0.25) is 0 Å². The van der Waals surface area contributed by atoms with E-state index in [-0.39, 0.29) is 5.75 Å². The first-order chi connectivity index (χ1) is 6.99. The van der Waals surface area contributed by atoms with E-state index in [0.29, 0.717) is 0 Å². The van der Waals surface area contributed by atoms with Crippen molar-refractivity contribution in [1.82, 2.24) is 0 Å². The van der Waals surface area contributed by atoms with Crippen molar-refractivity contribution in [2.45, 2.75) is 6.04 Å². The van der Waals surface area contributed by atoms with Crippen molar-refractivity contribution < 1.29 is 23.4 Å². The van der Waals surface area contributed by atoms with E-state index in [1.54, 1.807) is 0 Å². The predicted octanol–water partition coefficient (Wildman–Crippen LogP) is 1.06. The Kier molecular flexibility index (Phi) is 3.21. The third kappa shape index (κ3) is 2.04. The molecule has 0 bridgehead atoms. The first-order valence-electron chi connectivity index (χ1n) is 3.99. The van der Waals surface area contributed by atoms with E-state index in [1.165, 1.54) is 7.11 Å². The van der Waals surface area contributed by atoms with Crippen molar-refractivity contribution in [1.29, 1.82) is 0 Å². The number of carbonyl (C=O) groups is 1. The zero-order valence-electron chi connectivity index (χ0n) is 7.83. The van der Waals surface area contributed by atoms with Crippen LogP contribution >= 0.6 is 0 Å². The first kappa shape index (κ1) is 11.4. The molecule has 0 aliphatic heterocycles. The summed E-state index contributed by atoms with van der Waals surface area (Å²) >= 11 is 0. The summed E-state index contributed by atoms with van der Waals surface area (Å²) < 4.78 is 30.8. The van der Waals surface area contributed by atoms with Crippen LogP contribution in [-0.2, 0) is 4.79 Å². The maximum Gasteiger partial charge on any atom is 0.325 e. The molecule has 0 aliphatic carbocycles. The Morgan fingerprint density at radius 3 is 2.60 bits per heavy atom. The molecule has 0 heterocycles. The van der Waals surface area contributed by atoms with Gasteiger partial charge in [0.1, 0.15) is 11.8 Å². The number of methoxy groups -OCH3 is 1. The van der Waals surface area contributed by atoms with Gasteiger partial charge in [-0.1, -0.05) is 0 Å². The number of carboxylic acid groups (broad SMARTS) is 1. The summed E-state index contributed by atoms with van der Waals surface area (Å²) in [6, 6.07) is 0.304. The highest BCUT2D eigenvalue weighted by Crippen LogP contribution is 2.28. The molecule has 0 aliphatic rings. The fourth-order valence-corrected chi connectivity index (χ4v) is 1.14. The quantitative estimate of drug-likeness (QED) is 0.793. The van der Waals surface area contributed by atoms with Gasteiger partial charge < -0.3 is 15.6 Å². The zero-order chi connectivity index (χ0) is 11.6.